The van der Waals surface area contributed by atoms with Crippen molar-refractivity contribution in [3.63, 3.8) is 0 Å². The molecule has 2 heterocycles. The minimum Gasteiger partial charge on any atom is -0.321 e. The second kappa shape index (κ2) is 5.66. The molecule has 0 aliphatic heterocycles. The number of benzene rings is 2. The Morgan fingerprint density at radius 2 is 2.00 bits per heavy atom. The fourth-order valence-corrected chi connectivity index (χ4v) is 3.11. The number of hydrogen-bond acceptors (Lipinski definition) is 4. The van der Waals surface area contributed by atoms with Crippen molar-refractivity contribution in [1.29, 1.82) is 0 Å². The number of nitrogens with zero attached hydrogens (tertiary/aromatic N) is 2. The Hall–Kier alpha value is -2.99. The molecule has 1 amide bonds. The smallest absolute Gasteiger partial charge is 0.275 e. The Morgan fingerprint density at radius 3 is 2.87 bits per heavy atom. The third-order valence-electron chi connectivity index (χ3n) is 3.46. The van der Waals surface area contributed by atoms with Crippen LogP contribution in [0.15, 0.2) is 60.1 Å². The minimum atomic E-state index is -0.216. The molecule has 4 rings (SSSR count). The molecule has 23 heavy (non-hydrogen) atoms. The third-order valence-corrected chi connectivity index (χ3v) is 4.35. The number of amides is 1. The SMILES string of the molecule is O=C(Nc1ccc2[nH]ncc2c1)c1csc(-c2ccccc2)n1. The summed E-state index contributed by atoms with van der Waals surface area (Å²) in [4.78, 5) is 16.8. The zero-order chi connectivity index (χ0) is 15.6. The molecule has 0 unspecified atom stereocenters. The van der Waals surface area contributed by atoms with Gasteiger partial charge in [-0.1, -0.05) is 30.3 Å². The molecule has 0 bridgehead atoms. The second-order valence-electron chi connectivity index (χ2n) is 5.03. The predicted molar refractivity (Wildman–Crippen MR) is 91.6 cm³/mol. The number of nitrogens with one attached hydrogen (secondary N) is 2. The van der Waals surface area contributed by atoms with Crippen LogP contribution in [0.2, 0.25) is 0 Å². The molecule has 0 atom stereocenters. The number of aromatic nitrogens is 3. The van der Waals surface area contributed by atoms with Crippen molar-refractivity contribution in [2.24, 2.45) is 0 Å². The van der Waals surface area contributed by atoms with Gasteiger partial charge in [-0.2, -0.15) is 5.10 Å². The molecule has 5 nitrogen and oxygen atoms in total. The van der Waals surface area contributed by atoms with Gasteiger partial charge >= 0.3 is 0 Å². The summed E-state index contributed by atoms with van der Waals surface area (Å²) in [6.45, 7) is 0. The van der Waals surface area contributed by atoms with Crippen molar-refractivity contribution >= 4 is 33.8 Å². The highest BCUT2D eigenvalue weighted by atomic mass is 32.1. The molecule has 0 aliphatic rings. The Kier molecular flexibility index (Phi) is 3.36. The highest BCUT2D eigenvalue weighted by Crippen LogP contribution is 2.24. The fourth-order valence-electron chi connectivity index (χ4n) is 2.31. The van der Waals surface area contributed by atoms with Crippen molar-refractivity contribution in [1.82, 2.24) is 15.2 Å². The molecule has 2 aromatic carbocycles. The van der Waals surface area contributed by atoms with Gasteiger partial charge in [0.2, 0.25) is 0 Å². The zero-order valence-corrected chi connectivity index (χ0v) is 12.8. The quantitative estimate of drug-likeness (QED) is 0.600. The van der Waals surface area contributed by atoms with Crippen LogP contribution in [0.4, 0.5) is 5.69 Å². The standard InChI is InChI=1S/C17H12N4OS/c22-16(19-13-6-7-14-12(8-13)9-18-21-14)15-10-23-17(20-15)11-4-2-1-3-5-11/h1-10H,(H,18,21)(H,19,22). The van der Waals surface area contributed by atoms with Gasteiger partial charge < -0.3 is 5.32 Å². The number of fused-ring (bicyclic) bond motifs is 1. The summed E-state index contributed by atoms with van der Waals surface area (Å²) in [5.41, 5.74) is 3.08. The Balaban J connectivity index is 1.56. The lowest BCUT2D eigenvalue weighted by Gasteiger charge is -2.03. The lowest BCUT2D eigenvalue weighted by Crippen LogP contribution is -2.12. The van der Waals surface area contributed by atoms with Gasteiger partial charge in [0.05, 0.1) is 11.7 Å². The molecule has 0 aliphatic carbocycles. The van der Waals surface area contributed by atoms with E-state index in [-0.39, 0.29) is 5.91 Å². The van der Waals surface area contributed by atoms with E-state index in [0.29, 0.717) is 5.69 Å². The lowest BCUT2D eigenvalue weighted by molar-refractivity contribution is 0.102. The van der Waals surface area contributed by atoms with Gasteiger partial charge in [-0.05, 0) is 18.2 Å². The number of carbonyl (C=O) groups is 1. The highest BCUT2D eigenvalue weighted by Gasteiger charge is 2.12. The Bertz CT molecular complexity index is 974. The van der Waals surface area contributed by atoms with E-state index in [4.69, 9.17) is 0 Å². The normalized spacial score (nSPS) is 10.8. The Morgan fingerprint density at radius 1 is 1.13 bits per heavy atom. The van der Waals surface area contributed by atoms with Crippen molar-refractivity contribution in [2.45, 2.75) is 0 Å². The lowest BCUT2D eigenvalue weighted by atomic mass is 10.2. The number of thiazole rings is 1. The molecule has 2 N–H and O–H groups in total. The summed E-state index contributed by atoms with van der Waals surface area (Å²) in [7, 11) is 0. The van der Waals surface area contributed by atoms with Gasteiger partial charge in [0.15, 0.2) is 0 Å². The van der Waals surface area contributed by atoms with E-state index in [1.807, 2.05) is 48.5 Å². The van der Waals surface area contributed by atoms with E-state index in [2.05, 4.69) is 20.5 Å². The summed E-state index contributed by atoms with van der Waals surface area (Å²) < 4.78 is 0. The first-order valence-corrected chi connectivity index (χ1v) is 7.93. The molecule has 2 aromatic heterocycles. The highest BCUT2D eigenvalue weighted by molar-refractivity contribution is 7.13. The topological polar surface area (TPSA) is 70.7 Å². The number of hydrogen-bond donors (Lipinski definition) is 2. The molecule has 6 heteroatoms. The molecular formula is C17H12N4OS. The second-order valence-corrected chi connectivity index (χ2v) is 5.89. The van der Waals surface area contributed by atoms with Crippen molar-refractivity contribution in [3.05, 3.63) is 65.8 Å². The van der Waals surface area contributed by atoms with Crippen LogP contribution in [0.1, 0.15) is 10.5 Å². The van der Waals surface area contributed by atoms with Crippen LogP contribution in [0, 0.1) is 0 Å². The van der Waals surface area contributed by atoms with E-state index in [9.17, 15) is 4.79 Å². The summed E-state index contributed by atoms with van der Waals surface area (Å²) in [6, 6.07) is 15.4. The average Bonchev–Trinajstić information content (AvgIpc) is 3.24. The first kappa shape index (κ1) is 13.7. The summed E-state index contributed by atoms with van der Waals surface area (Å²) >= 11 is 1.46. The number of aromatic amines is 1. The molecule has 112 valence electrons. The van der Waals surface area contributed by atoms with Crippen LogP contribution in [0.25, 0.3) is 21.5 Å². The Labute approximate surface area is 136 Å². The maximum atomic E-state index is 12.3. The van der Waals surface area contributed by atoms with Crippen LogP contribution in [-0.4, -0.2) is 21.1 Å². The van der Waals surface area contributed by atoms with E-state index in [1.54, 1.807) is 11.6 Å². The molecule has 4 aromatic rings. The summed E-state index contributed by atoms with van der Waals surface area (Å²) in [5.74, 6) is -0.216. The summed E-state index contributed by atoms with van der Waals surface area (Å²) in [5, 5.41) is 13.3. The fraction of sp³-hybridized carbons (Fsp3) is 0. The van der Waals surface area contributed by atoms with Crippen LogP contribution in [0.5, 0.6) is 0 Å². The summed E-state index contributed by atoms with van der Waals surface area (Å²) in [6.07, 6.45) is 1.72. The van der Waals surface area contributed by atoms with Crippen molar-refractivity contribution in [3.8, 4) is 10.6 Å². The van der Waals surface area contributed by atoms with Gasteiger partial charge in [-0.25, -0.2) is 4.98 Å². The molecule has 0 saturated heterocycles. The molecule has 0 radical (unpaired) electrons. The first-order valence-electron chi connectivity index (χ1n) is 7.05. The maximum Gasteiger partial charge on any atom is 0.275 e. The third kappa shape index (κ3) is 2.72. The maximum absolute atomic E-state index is 12.3. The zero-order valence-electron chi connectivity index (χ0n) is 12.0. The number of carbonyl (C=O) groups excluding carboxylic acids is 1. The molecule has 0 spiro atoms. The van der Waals surface area contributed by atoms with Gasteiger partial charge in [-0.3, -0.25) is 9.89 Å². The van der Waals surface area contributed by atoms with Crippen LogP contribution < -0.4 is 5.32 Å². The number of anilines is 1. The molecule has 0 saturated carbocycles. The van der Waals surface area contributed by atoms with Gasteiger partial charge in [0.25, 0.3) is 5.91 Å². The van der Waals surface area contributed by atoms with Gasteiger partial charge in [-0.15, -0.1) is 11.3 Å². The van der Waals surface area contributed by atoms with Crippen molar-refractivity contribution in [2.75, 3.05) is 5.32 Å². The average molecular weight is 320 g/mol. The van der Waals surface area contributed by atoms with Crippen LogP contribution >= 0.6 is 11.3 Å². The number of H-pyrrole nitrogens is 1. The largest absolute Gasteiger partial charge is 0.321 e. The van der Waals surface area contributed by atoms with E-state index >= 15 is 0 Å². The molecule has 0 fully saturated rings. The van der Waals surface area contributed by atoms with Gasteiger partial charge in [0.1, 0.15) is 10.7 Å². The minimum absolute atomic E-state index is 0.216. The first-order chi connectivity index (χ1) is 11.3. The van der Waals surface area contributed by atoms with E-state index in [1.165, 1.54) is 11.3 Å². The van der Waals surface area contributed by atoms with E-state index in [0.717, 1.165) is 27.2 Å². The predicted octanol–water partition coefficient (Wildman–Crippen LogP) is 3.94. The van der Waals surface area contributed by atoms with Crippen molar-refractivity contribution < 1.29 is 4.79 Å². The van der Waals surface area contributed by atoms with Crippen LogP contribution in [0.3, 0.4) is 0 Å². The monoisotopic (exact) mass is 320 g/mol. The van der Waals surface area contributed by atoms with Crippen LogP contribution in [-0.2, 0) is 0 Å². The van der Waals surface area contributed by atoms with E-state index < -0.39 is 0 Å². The molecular weight excluding hydrogens is 308 g/mol. The number of rotatable bonds is 3. The van der Waals surface area contributed by atoms with Gasteiger partial charge in [0, 0.05) is 22.0 Å².